The summed E-state index contributed by atoms with van der Waals surface area (Å²) in [5.41, 5.74) is 0. The van der Waals surface area contributed by atoms with Crippen molar-refractivity contribution in [1.82, 2.24) is 0 Å². The second-order valence-electron chi connectivity index (χ2n) is 0.803. The van der Waals surface area contributed by atoms with Crippen LogP contribution < -0.4 is 0 Å². The molecule has 0 fully saturated rings. The van der Waals surface area contributed by atoms with Crippen molar-refractivity contribution in [2.45, 2.75) is 6.18 Å². The third kappa shape index (κ3) is 4.05. The van der Waals surface area contributed by atoms with Gasteiger partial charge in [0.1, 0.15) is 0 Å². The van der Waals surface area contributed by atoms with Crippen LogP contribution in [-0.2, 0) is 24.3 Å². The largest absolute Gasteiger partial charge is 0.490 e. The number of carboxylic acids is 1. The van der Waals surface area contributed by atoms with Crippen LogP contribution >= 0.6 is 0 Å². The first kappa shape index (κ1) is 10.8. The van der Waals surface area contributed by atoms with E-state index in [1.54, 1.807) is 0 Å². The molecule has 0 aliphatic carbocycles. The van der Waals surface area contributed by atoms with Gasteiger partial charge in [-0.25, -0.2) is 4.79 Å². The summed E-state index contributed by atoms with van der Waals surface area (Å²) >= 11 is 0. The molecule has 0 aromatic rings. The van der Waals surface area contributed by atoms with Crippen molar-refractivity contribution in [1.29, 1.82) is 0 Å². The fourth-order valence-corrected chi connectivity index (χ4v) is 0. The van der Waals surface area contributed by atoms with Crippen LogP contribution in [0.3, 0.4) is 0 Å². The Morgan fingerprint density at radius 1 is 1.38 bits per heavy atom. The van der Waals surface area contributed by atoms with E-state index in [0.717, 1.165) is 0 Å². The first-order chi connectivity index (χ1) is 2.94. The van der Waals surface area contributed by atoms with Crippen LogP contribution in [0.25, 0.3) is 0 Å². The van der Waals surface area contributed by atoms with Gasteiger partial charge in [-0.3, -0.25) is 0 Å². The van der Waals surface area contributed by atoms with Gasteiger partial charge in [-0.2, -0.15) is 13.2 Å². The smallest absolute Gasteiger partial charge is 0.475 e. The number of carboxylic acid groups (broad SMARTS) is 1. The van der Waals surface area contributed by atoms with Crippen LogP contribution in [-0.4, -0.2) is 17.3 Å². The molecule has 0 amide bonds. The predicted octanol–water partition coefficient (Wildman–Crippen LogP) is 0.631. The van der Waals surface area contributed by atoms with Gasteiger partial charge in [0.2, 0.25) is 0 Å². The predicted molar refractivity (Wildman–Crippen MR) is 13.7 cm³/mol. The fraction of sp³-hybridized carbons (Fsp3) is 0.500. The van der Waals surface area contributed by atoms with Crippen LogP contribution in [0.1, 0.15) is 0 Å². The number of halogens is 3. The van der Waals surface area contributed by atoms with Crippen LogP contribution in [0, 0.1) is 0 Å². The average Bonchev–Trinajstić information content (AvgIpc) is 1.31. The van der Waals surface area contributed by atoms with Gasteiger partial charge in [0.25, 0.3) is 0 Å². The Balaban J connectivity index is 0. The van der Waals surface area contributed by atoms with Crippen molar-refractivity contribution in [2.75, 3.05) is 0 Å². The van der Waals surface area contributed by atoms with Crippen LogP contribution in [0.15, 0.2) is 0 Å². The summed E-state index contributed by atoms with van der Waals surface area (Å²) in [5.74, 6) is -2.76. The number of aliphatic carboxylic acids is 1. The van der Waals surface area contributed by atoms with E-state index in [4.69, 9.17) is 9.90 Å². The Hall–Kier alpha value is -0.117. The summed E-state index contributed by atoms with van der Waals surface area (Å²) in [6, 6.07) is 0. The topological polar surface area (TPSA) is 37.3 Å². The summed E-state index contributed by atoms with van der Waals surface area (Å²) in [5, 5.41) is 7.12. The molecule has 0 aromatic heterocycles. The number of alkyl halides is 3. The molecular formula is C2HF3O2Rh. The minimum absolute atomic E-state index is 0. The molecule has 0 saturated carbocycles. The maximum atomic E-state index is 10.6. The van der Waals surface area contributed by atoms with Crippen molar-refractivity contribution in [3.8, 4) is 0 Å². The molecule has 0 aromatic carbocycles. The van der Waals surface area contributed by atoms with Gasteiger partial charge < -0.3 is 5.11 Å². The quantitative estimate of drug-likeness (QED) is 0.604. The zero-order valence-corrected chi connectivity index (χ0v) is 4.96. The zero-order valence-electron chi connectivity index (χ0n) is 3.32. The van der Waals surface area contributed by atoms with E-state index in [9.17, 15) is 13.2 Å². The third-order valence-corrected chi connectivity index (χ3v) is 0.243. The van der Waals surface area contributed by atoms with Gasteiger partial charge in [0, 0.05) is 19.5 Å². The molecule has 1 N–H and O–H groups in total. The molecule has 8 heavy (non-hydrogen) atoms. The standard InChI is InChI=1S/C2HF3O2.Rh/c3-2(4,5)1(6)7;/h(H,6,7);. The van der Waals surface area contributed by atoms with Gasteiger partial charge in [-0.15, -0.1) is 0 Å². The molecular weight excluding hydrogens is 216 g/mol. The van der Waals surface area contributed by atoms with Crippen LogP contribution in [0.4, 0.5) is 13.2 Å². The Bertz CT molecular complexity index is 87.8. The summed E-state index contributed by atoms with van der Waals surface area (Å²) < 4.78 is 31.7. The molecule has 6 heteroatoms. The molecule has 2 nitrogen and oxygen atoms in total. The SMILES string of the molecule is O=C(O)C(F)(F)F.[Rh]. The van der Waals surface area contributed by atoms with E-state index < -0.39 is 12.1 Å². The third-order valence-electron chi connectivity index (χ3n) is 0.243. The second kappa shape index (κ2) is 3.02. The summed E-state index contributed by atoms with van der Waals surface area (Å²) in [7, 11) is 0. The normalized spacial score (nSPS) is 9.88. The van der Waals surface area contributed by atoms with E-state index in [-0.39, 0.29) is 19.5 Å². The minimum atomic E-state index is -5.08. The molecule has 51 valence electrons. The molecule has 0 spiro atoms. The Kier molecular flexibility index (Phi) is 4.07. The maximum Gasteiger partial charge on any atom is 0.490 e. The molecule has 0 aliphatic rings. The van der Waals surface area contributed by atoms with E-state index in [1.165, 1.54) is 0 Å². The number of rotatable bonds is 0. The van der Waals surface area contributed by atoms with Crippen molar-refractivity contribution in [3.63, 3.8) is 0 Å². The summed E-state index contributed by atoms with van der Waals surface area (Å²) in [4.78, 5) is 8.90. The molecule has 0 bridgehead atoms. The first-order valence-electron chi connectivity index (χ1n) is 1.24. The minimum Gasteiger partial charge on any atom is -0.475 e. The number of hydrogen-bond donors (Lipinski definition) is 1. The molecule has 0 saturated heterocycles. The van der Waals surface area contributed by atoms with Crippen LogP contribution in [0.5, 0.6) is 0 Å². The molecule has 0 heterocycles. The van der Waals surface area contributed by atoms with Crippen molar-refractivity contribution in [3.05, 3.63) is 0 Å². The molecule has 1 radical (unpaired) electrons. The summed E-state index contributed by atoms with van der Waals surface area (Å²) in [6.07, 6.45) is -5.08. The molecule has 0 atom stereocenters. The summed E-state index contributed by atoms with van der Waals surface area (Å²) in [6.45, 7) is 0. The first-order valence-corrected chi connectivity index (χ1v) is 1.24. The zero-order chi connectivity index (χ0) is 6.08. The monoisotopic (exact) mass is 217 g/mol. The van der Waals surface area contributed by atoms with Gasteiger partial charge in [-0.1, -0.05) is 0 Å². The van der Waals surface area contributed by atoms with E-state index in [1.807, 2.05) is 0 Å². The Morgan fingerprint density at radius 2 is 1.50 bits per heavy atom. The fourth-order valence-electron chi connectivity index (χ4n) is 0. The average molecular weight is 217 g/mol. The van der Waals surface area contributed by atoms with Gasteiger partial charge in [-0.05, 0) is 0 Å². The van der Waals surface area contributed by atoms with Crippen molar-refractivity contribution >= 4 is 5.97 Å². The van der Waals surface area contributed by atoms with Gasteiger partial charge >= 0.3 is 12.1 Å². The Labute approximate surface area is 55.4 Å². The molecule has 0 aliphatic heterocycles. The number of hydrogen-bond acceptors (Lipinski definition) is 1. The number of carbonyl (C=O) groups is 1. The van der Waals surface area contributed by atoms with Gasteiger partial charge in [0.15, 0.2) is 0 Å². The van der Waals surface area contributed by atoms with Crippen molar-refractivity contribution < 1.29 is 42.6 Å². The van der Waals surface area contributed by atoms with E-state index in [0.29, 0.717) is 0 Å². The molecule has 0 unspecified atom stereocenters. The second-order valence-corrected chi connectivity index (χ2v) is 0.803. The van der Waals surface area contributed by atoms with E-state index in [2.05, 4.69) is 0 Å². The Morgan fingerprint density at radius 3 is 1.50 bits per heavy atom. The van der Waals surface area contributed by atoms with Crippen molar-refractivity contribution in [2.24, 2.45) is 0 Å². The molecule has 0 rings (SSSR count). The van der Waals surface area contributed by atoms with Gasteiger partial charge in [0.05, 0.1) is 0 Å². The van der Waals surface area contributed by atoms with Crippen LogP contribution in [0.2, 0.25) is 0 Å². The van der Waals surface area contributed by atoms with E-state index >= 15 is 0 Å². The maximum absolute atomic E-state index is 10.6.